The predicted molar refractivity (Wildman–Crippen MR) is 63.8 cm³/mol. The van der Waals surface area contributed by atoms with Gasteiger partial charge >= 0.3 is 0 Å². The molecule has 17 heavy (non-hydrogen) atoms. The number of ether oxygens (including phenoxy) is 1. The normalized spacial score (nSPS) is 9.82. The highest BCUT2D eigenvalue weighted by Crippen LogP contribution is 2.14. The zero-order chi connectivity index (χ0) is 11.9. The van der Waals surface area contributed by atoms with E-state index in [0.717, 1.165) is 10.9 Å². The third kappa shape index (κ3) is 3.50. The van der Waals surface area contributed by atoms with Gasteiger partial charge in [-0.15, -0.1) is 0 Å². The summed E-state index contributed by atoms with van der Waals surface area (Å²) in [7, 11) is 0. The van der Waals surface area contributed by atoms with Crippen LogP contribution in [-0.4, -0.2) is 27.5 Å². The fourth-order valence-electron chi connectivity index (χ4n) is 1.22. The second-order valence-corrected chi connectivity index (χ2v) is 4.21. The summed E-state index contributed by atoms with van der Waals surface area (Å²) in [6.07, 6.45) is 1.47. The monoisotopic (exact) mass is 246 g/mol. The first-order chi connectivity index (χ1) is 8.38. The number of H-pyrrole nitrogens is 1. The van der Waals surface area contributed by atoms with Gasteiger partial charge in [-0.25, -0.2) is 4.98 Å². The van der Waals surface area contributed by atoms with Gasteiger partial charge in [0.15, 0.2) is 5.16 Å². The van der Waals surface area contributed by atoms with Gasteiger partial charge in [0.05, 0.1) is 18.2 Å². The number of thioether (sulfide) groups is 1. The van der Waals surface area contributed by atoms with Crippen molar-refractivity contribution in [3.05, 3.63) is 36.2 Å². The molecular weight excluding hydrogens is 236 g/mol. The highest BCUT2D eigenvalue weighted by atomic mass is 32.2. The van der Waals surface area contributed by atoms with Crippen LogP contribution in [0.15, 0.2) is 35.7 Å². The van der Waals surface area contributed by atoms with Crippen LogP contribution >= 0.6 is 11.8 Å². The number of aromatic amines is 1. The first-order valence-corrected chi connectivity index (χ1v) is 5.98. The van der Waals surface area contributed by atoms with Crippen LogP contribution < -0.4 is 4.74 Å². The first kappa shape index (κ1) is 11.5. The van der Waals surface area contributed by atoms with Crippen molar-refractivity contribution in [3.8, 4) is 11.8 Å². The Bertz CT molecular complexity index is 506. The highest BCUT2D eigenvalue weighted by Gasteiger charge is 1.98. The largest absolute Gasteiger partial charge is 0.493 e. The van der Waals surface area contributed by atoms with Crippen molar-refractivity contribution in [2.45, 2.75) is 5.16 Å². The van der Waals surface area contributed by atoms with Gasteiger partial charge in [0.2, 0.25) is 0 Å². The molecule has 0 unspecified atom stereocenters. The minimum atomic E-state index is 0.556. The van der Waals surface area contributed by atoms with Crippen LogP contribution in [0.3, 0.4) is 0 Å². The summed E-state index contributed by atoms with van der Waals surface area (Å²) in [5, 5.41) is 16.0. The minimum Gasteiger partial charge on any atom is -0.493 e. The van der Waals surface area contributed by atoms with E-state index < -0.39 is 0 Å². The predicted octanol–water partition coefficient (Wildman–Crippen LogP) is 1.85. The Morgan fingerprint density at radius 3 is 3.18 bits per heavy atom. The SMILES string of the molecule is N#Cc1cccc(OCCSc2ncn[nH]2)c1. The summed E-state index contributed by atoms with van der Waals surface area (Å²) >= 11 is 1.54. The molecule has 2 aromatic rings. The number of aromatic nitrogens is 3. The molecule has 0 radical (unpaired) electrons. The topological polar surface area (TPSA) is 74.6 Å². The molecule has 1 N–H and O–H groups in total. The minimum absolute atomic E-state index is 0.556. The Kier molecular flexibility index (Phi) is 4.00. The number of hydrogen-bond acceptors (Lipinski definition) is 5. The molecule has 0 aliphatic rings. The second kappa shape index (κ2) is 5.92. The maximum absolute atomic E-state index is 8.73. The Morgan fingerprint density at radius 1 is 1.47 bits per heavy atom. The number of hydrogen-bond donors (Lipinski definition) is 1. The Morgan fingerprint density at radius 2 is 2.41 bits per heavy atom. The quantitative estimate of drug-likeness (QED) is 0.643. The van der Waals surface area contributed by atoms with Crippen molar-refractivity contribution in [1.29, 1.82) is 5.26 Å². The molecule has 5 nitrogen and oxygen atoms in total. The van der Waals surface area contributed by atoms with Crippen LogP contribution in [-0.2, 0) is 0 Å². The van der Waals surface area contributed by atoms with Crippen LogP contribution in [0.1, 0.15) is 5.56 Å². The van der Waals surface area contributed by atoms with Crippen LogP contribution in [0.4, 0.5) is 0 Å². The molecule has 0 saturated carbocycles. The van der Waals surface area contributed by atoms with Crippen molar-refractivity contribution in [2.24, 2.45) is 0 Å². The van der Waals surface area contributed by atoms with Crippen LogP contribution in [0.25, 0.3) is 0 Å². The molecule has 0 aliphatic carbocycles. The zero-order valence-electron chi connectivity index (χ0n) is 8.96. The zero-order valence-corrected chi connectivity index (χ0v) is 9.78. The summed E-state index contributed by atoms with van der Waals surface area (Å²) in [6.45, 7) is 0.556. The fraction of sp³-hybridized carbons (Fsp3) is 0.182. The number of nitrogens with zero attached hydrogens (tertiary/aromatic N) is 3. The average Bonchev–Trinajstić information content (AvgIpc) is 2.88. The summed E-state index contributed by atoms with van der Waals surface area (Å²) in [4.78, 5) is 3.99. The fourth-order valence-corrected chi connectivity index (χ4v) is 1.82. The third-order valence-corrected chi connectivity index (χ3v) is 2.79. The lowest BCUT2D eigenvalue weighted by Gasteiger charge is -2.04. The van der Waals surface area contributed by atoms with Gasteiger partial charge < -0.3 is 4.74 Å². The molecule has 0 spiro atoms. The Labute approximate surface area is 103 Å². The molecule has 1 aromatic heterocycles. The number of nitriles is 1. The number of benzene rings is 1. The van der Waals surface area contributed by atoms with Crippen molar-refractivity contribution < 1.29 is 4.74 Å². The van der Waals surface area contributed by atoms with E-state index in [1.54, 1.807) is 18.2 Å². The lowest BCUT2D eigenvalue weighted by molar-refractivity contribution is 0.344. The summed E-state index contributed by atoms with van der Waals surface area (Å²) in [6, 6.07) is 9.18. The summed E-state index contributed by atoms with van der Waals surface area (Å²) in [5.41, 5.74) is 0.602. The Hall–Kier alpha value is -2.00. The van der Waals surface area contributed by atoms with E-state index >= 15 is 0 Å². The number of rotatable bonds is 5. The van der Waals surface area contributed by atoms with Gasteiger partial charge in [-0.1, -0.05) is 17.8 Å². The molecule has 0 saturated heterocycles. The lowest BCUT2D eigenvalue weighted by atomic mass is 10.2. The van der Waals surface area contributed by atoms with E-state index in [1.165, 1.54) is 18.1 Å². The molecule has 0 atom stereocenters. The smallest absolute Gasteiger partial charge is 0.183 e. The maximum atomic E-state index is 8.73. The molecule has 0 fully saturated rings. The first-order valence-electron chi connectivity index (χ1n) is 4.99. The number of nitrogens with one attached hydrogen (secondary N) is 1. The molecule has 0 aliphatic heterocycles. The highest BCUT2D eigenvalue weighted by molar-refractivity contribution is 7.99. The molecule has 2 rings (SSSR count). The molecule has 1 aromatic carbocycles. The Balaban J connectivity index is 1.76. The van der Waals surface area contributed by atoms with Crippen LogP contribution in [0.5, 0.6) is 5.75 Å². The van der Waals surface area contributed by atoms with E-state index in [9.17, 15) is 0 Å². The van der Waals surface area contributed by atoms with E-state index in [0.29, 0.717) is 17.9 Å². The van der Waals surface area contributed by atoms with Gasteiger partial charge in [-0.2, -0.15) is 10.4 Å². The standard InChI is InChI=1S/C11H10N4OS/c12-7-9-2-1-3-10(6-9)16-4-5-17-11-13-8-14-15-11/h1-3,6,8H,4-5H2,(H,13,14,15). The van der Waals surface area contributed by atoms with Gasteiger partial charge in [0.1, 0.15) is 12.1 Å². The second-order valence-electron chi connectivity index (χ2n) is 3.13. The summed E-state index contributed by atoms with van der Waals surface area (Å²) < 4.78 is 5.51. The van der Waals surface area contributed by atoms with Crippen molar-refractivity contribution in [3.63, 3.8) is 0 Å². The summed E-state index contributed by atoms with van der Waals surface area (Å²) in [5.74, 6) is 1.48. The molecule has 0 amide bonds. The molecule has 6 heteroatoms. The van der Waals surface area contributed by atoms with Crippen molar-refractivity contribution in [1.82, 2.24) is 15.2 Å². The average molecular weight is 246 g/mol. The molecule has 86 valence electrons. The van der Waals surface area contributed by atoms with Crippen LogP contribution in [0.2, 0.25) is 0 Å². The van der Waals surface area contributed by atoms with Gasteiger partial charge in [-0.3, -0.25) is 5.10 Å². The van der Waals surface area contributed by atoms with Gasteiger partial charge in [0, 0.05) is 5.75 Å². The molecule has 0 bridgehead atoms. The molecular formula is C11H10N4OS. The van der Waals surface area contributed by atoms with E-state index in [-0.39, 0.29) is 0 Å². The van der Waals surface area contributed by atoms with E-state index in [2.05, 4.69) is 21.3 Å². The van der Waals surface area contributed by atoms with Gasteiger partial charge in [-0.05, 0) is 18.2 Å². The molecule has 1 heterocycles. The van der Waals surface area contributed by atoms with Crippen molar-refractivity contribution in [2.75, 3.05) is 12.4 Å². The third-order valence-electron chi connectivity index (χ3n) is 1.95. The van der Waals surface area contributed by atoms with Crippen molar-refractivity contribution >= 4 is 11.8 Å². The maximum Gasteiger partial charge on any atom is 0.183 e. The van der Waals surface area contributed by atoms with E-state index in [1.807, 2.05) is 6.07 Å². The van der Waals surface area contributed by atoms with Crippen LogP contribution in [0, 0.1) is 11.3 Å². The lowest BCUT2D eigenvalue weighted by Crippen LogP contribution is -2.00. The van der Waals surface area contributed by atoms with Gasteiger partial charge in [0.25, 0.3) is 0 Å². The van der Waals surface area contributed by atoms with E-state index in [4.69, 9.17) is 10.00 Å².